The van der Waals surface area contributed by atoms with Crippen molar-refractivity contribution in [1.29, 1.82) is 0 Å². The molecule has 1 heteroatoms. The topological polar surface area (TPSA) is 0 Å². The van der Waals surface area contributed by atoms with E-state index < -0.39 is 21.3 Å². The first-order valence-corrected chi connectivity index (χ1v) is 18.4. The molecule has 0 nitrogen and oxygen atoms in total. The molecule has 2 aliphatic rings. The van der Waals surface area contributed by atoms with Crippen molar-refractivity contribution in [2.75, 3.05) is 0 Å². The van der Waals surface area contributed by atoms with Crippen molar-refractivity contribution in [3.63, 3.8) is 0 Å². The van der Waals surface area contributed by atoms with E-state index in [-0.39, 0.29) is 0 Å². The average Bonchev–Trinajstić information content (AvgIpc) is 3.47. The molecule has 40 heavy (non-hydrogen) atoms. The Bertz CT molecular complexity index is 1730. The van der Waals surface area contributed by atoms with E-state index in [1.165, 1.54) is 50.1 Å². The van der Waals surface area contributed by atoms with Crippen LogP contribution in [0, 0.1) is 20.8 Å². The number of hydrogen-bond acceptors (Lipinski definition) is 0. The van der Waals surface area contributed by atoms with Gasteiger partial charge in [-0.25, -0.2) is 0 Å². The van der Waals surface area contributed by atoms with Crippen LogP contribution < -0.4 is 0 Å². The summed E-state index contributed by atoms with van der Waals surface area (Å²) in [5.74, 6) is 0. The van der Waals surface area contributed by atoms with E-state index in [2.05, 4.69) is 149 Å². The Morgan fingerprint density at radius 3 is 1.65 bits per heavy atom. The van der Waals surface area contributed by atoms with Crippen LogP contribution >= 0.6 is 0 Å². The van der Waals surface area contributed by atoms with Crippen molar-refractivity contribution in [2.24, 2.45) is 0 Å². The predicted octanol–water partition coefficient (Wildman–Crippen LogP) is 9.73. The summed E-state index contributed by atoms with van der Waals surface area (Å²) in [5, 5.41) is 0. The Morgan fingerprint density at radius 2 is 1.10 bits per heavy atom. The van der Waals surface area contributed by atoms with Crippen LogP contribution in [-0.4, -0.2) is 3.21 Å². The van der Waals surface area contributed by atoms with Crippen LogP contribution in [0.3, 0.4) is 0 Å². The summed E-state index contributed by atoms with van der Waals surface area (Å²) in [4.78, 5) is 0. The standard InChI is InChI=1S/C15H13.C13H10.C11H11.Zr/c1-10-3-5-14-12(7-10)9-13-8-11(2)4-6-15(13)14;1-3-7-12(8-4-1)11-13-9-5-2-6-10-13;1-8-4-3-5-10-9(2)6-7-11(8)10;/h3-9H,1-2H3;1-10H;3-7H,1-2H3;. The van der Waals surface area contributed by atoms with Gasteiger partial charge in [0.2, 0.25) is 0 Å². The molecule has 0 bridgehead atoms. The molecule has 0 saturated heterocycles. The predicted molar refractivity (Wildman–Crippen MR) is 167 cm³/mol. The van der Waals surface area contributed by atoms with E-state index in [0.717, 1.165) is 0 Å². The second kappa shape index (κ2) is 10.2. The molecule has 0 heterocycles. The summed E-state index contributed by atoms with van der Waals surface area (Å²) in [6.45, 7) is 9.17. The third kappa shape index (κ3) is 4.18. The Kier molecular flexibility index (Phi) is 6.52. The summed E-state index contributed by atoms with van der Waals surface area (Å²) in [6.07, 6.45) is 2.65. The van der Waals surface area contributed by atoms with Crippen LogP contribution in [-0.2, 0) is 21.3 Å². The number of allylic oxidation sites excluding steroid dienone is 2. The fourth-order valence-corrected chi connectivity index (χ4v) is 17.5. The normalized spacial score (nSPS) is 15.3. The molecule has 5 aromatic carbocycles. The molecular weight excluding hydrogens is 560 g/mol. The molecule has 194 valence electrons. The molecule has 1 atom stereocenters. The minimum absolute atomic E-state index is 0.433. The van der Waals surface area contributed by atoms with Gasteiger partial charge in [0.25, 0.3) is 0 Å². The van der Waals surface area contributed by atoms with Gasteiger partial charge in [0.05, 0.1) is 0 Å². The van der Waals surface area contributed by atoms with Crippen LogP contribution in [0.4, 0.5) is 0 Å². The van der Waals surface area contributed by atoms with Gasteiger partial charge in [-0.15, -0.1) is 0 Å². The van der Waals surface area contributed by atoms with Gasteiger partial charge < -0.3 is 0 Å². The fraction of sp³-hybridized carbons (Fsp3) is 0.154. The molecule has 5 aromatic rings. The molecule has 0 N–H and O–H groups in total. The van der Waals surface area contributed by atoms with Crippen molar-refractivity contribution in [3.05, 3.63) is 171 Å². The monoisotopic (exact) mass is 592 g/mol. The molecule has 0 radical (unpaired) electrons. The number of benzene rings is 5. The third-order valence-electron chi connectivity index (χ3n) is 8.86. The maximum atomic E-state index is 2.65. The van der Waals surface area contributed by atoms with Gasteiger partial charge >= 0.3 is 248 Å². The first-order valence-electron chi connectivity index (χ1n) is 14.4. The van der Waals surface area contributed by atoms with Gasteiger partial charge in [0, 0.05) is 0 Å². The molecule has 7 rings (SSSR count). The Morgan fingerprint density at radius 1 is 0.550 bits per heavy atom. The van der Waals surface area contributed by atoms with Crippen molar-refractivity contribution in [2.45, 2.75) is 34.9 Å². The van der Waals surface area contributed by atoms with Crippen molar-refractivity contribution in [3.8, 4) is 11.1 Å². The average molecular weight is 594 g/mol. The van der Waals surface area contributed by atoms with Gasteiger partial charge in [-0.05, 0) is 0 Å². The van der Waals surface area contributed by atoms with Crippen LogP contribution in [0.1, 0.15) is 64.2 Å². The SMILES string of the molecule is CC1=C[CH]([Zr](=[C](c2ccccc2)c2ccccc2)[CH]2c3cc(C)ccc3-c3ccc(C)cc32)c2c(C)cccc21. The summed E-state index contributed by atoms with van der Waals surface area (Å²) < 4.78 is 2.52. The van der Waals surface area contributed by atoms with Crippen LogP contribution in [0.5, 0.6) is 0 Å². The van der Waals surface area contributed by atoms with Gasteiger partial charge in [0.15, 0.2) is 0 Å². The van der Waals surface area contributed by atoms with E-state index >= 15 is 0 Å². The van der Waals surface area contributed by atoms with Gasteiger partial charge in [-0.1, -0.05) is 0 Å². The number of fused-ring (bicyclic) bond motifs is 4. The molecule has 0 aliphatic heterocycles. The number of rotatable bonds is 4. The van der Waals surface area contributed by atoms with Gasteiger partial charge in [-0.3, -0.25) is 0 Å². The minimum atomic E-state index is -2.76. The van der Waals surface area contributed by atoms with Gasteiger partial charge in [-0.2, -0.15) is 0 Å². The zero-order valence-corrected chi connectivity index (χ0v) is 26.2. The summed E-state index contributed by atoms with van der Waals surface area (Å²) >= 11 is -2.76. The summed E-state index contributed by atoms with van der Waals surface area (Å²) in [6, 6.07) is 43.9. The quantitative estimate of drug-likeness (QED) is 0.195. The molecule has 0 amide bonds. The van der Waals surface area contributed by atoms with Crippen molar-refractivity contribution >= 4 is 8.78 Å². The number of hydrogen-bond donors (Lipinski definition) is 0. The van der Waals surface area contributed by atoms with Crippen LogP contribution in [0.25, 0.3) is 16.7 Å². The fourth-order valence-electron chi connectivity index (χ4n) is 7.13. The zero-order chi connectivity index (χ0) is 27.4. The Balaban J connectivity index is 1.65. The third-order valence-corrected chi connectivity index (χ3v) is 17.5. The van der Waals surface area contributed by atoms with Crippen LogP contribution in [0.2, 0.25) is 0 Å². The molecule has 0 saturated carbocycles. The van der Waals surface area contributed by atoms with Crippen molar-refractivity contribution < 1.29 is 21.3 Å². The van der Waals surface area contributed by atoms with E-state index in [0.29, 0.717) is 7.25 Å². The van der Waals surface area contributed by atoms with Crippen LogP contribution in [0.15, 0.2) is 121 Å². The zero-order valence-electron chi connectivity index (χ0n) is 23.7. The molecule has 0 aromatic heterocycles. The molecule has 0 fully saturated rings. The van der Waals surface area contributed by atoms with Crippen molar-refractivity contribution in [1.82, 2.24) is 0 Å². The summed E-state index contributed by atoms with van der Waals surface area (Å²) in [5.41, 5.74) is 17.4. The second-order valence-corrected chi connectivity index (χ2v) is 18.0. The van der Waals surface area contributed by atoms with Gasteiger partial charge in [0.1, 0.15) is 0 Å². The molecule has 2 aliphatic carbocycles. The Hall–Kier alpha value is -3.41. The molecular formula is C39H34Zr. The summed E-state index contributed by atoms with van der Waals surface area (Å²) in [7, 11) is 0. The van der Waals surface area contributed by atoms with E-state index in [4.69, 9.17) is 0 Å². The van der Waals surface area contributed by atoms with E-state index in [9.17, 15) is 0 Å². The second-order valence-electron chi connectivity index (χ2n) is 11.5. The molecule has 0 spiro atoms. The first-order chi connectivity index (χ1) is 19.5. The molecule has 1 unspecified atom stereocenters. The Labute approximate surface area is 246 Å². The first kappa shape index (κ1) is 25.6. The maximum absolute atomic E-state index is 2.76. The van der Waals surface area contributed by atoms with E-state index in [1.807, 2.05) is 0 Å². The van der Waals surface area contributed by atoms with E-state index in [1.54, 1.807) is 19.9 Å². The number of aryl methyl sites for hydroxylation is 3.